The first kappa shape index (κ1) is 18.5. The van der Waals surface area contributed by atoms with Gasteiger partial charge in [0.15, 0.2) is 0 Å². The Balaban J connectivity index is 2.64. The quantitative estimate of drug-likeness (QED) is 0.755. The van der Waals surface area contributed by atoms with Crippen LogP contribution in [0.4, 0.5) is 5.69 Å². The normalized spacial score (nSPS) is 11.9. The zero-order valence-corrected chi connectivity index (χ0v) is 16.0. The molecule has 1 aromatic rings. The van der Waals surface area contributed by atoms with Crippen molar-refractivity contribution in [3.8, 4) is 0 Å². The third kappa shape index (κ3) is 5.60. The summed E-state index contributed by atoms with van der Waals surface area (Å²) in [5, 5.41) is 2.70. The van der Waals surface area contributed by atoms with E-state index in [1.807, 2.05) is 32.0 Å². The van der Waals surface area contributed by atoms with Crippen molar-refractivity contribution in [2.45, 2.75) is 32.9 Å². The molecule has 0 radical (unpaired) electrons. The number of thioether (sulfide) groups is 1. The lowest BCUT2D eigenvalue weighted by Gasteiger charge is -2.23. The van der Waals surface area contributed by atoms with Gasteiger partial charge in [-0.2, -0.15) is 0 Å². The lowest BCUT2D eigenvalue weighted by Crippen LogP contribution is -2.31. The van der Waals surface area contributed by atoms with Crippen LogP contribution in [0.25, 0.3) is 0 Å². The number of hydrogen-bond acceptors (Lipinski definition) is 3. The van der Waals surface area contributed by atoms with Gasteiger partial charge < -0.3 is 10.2 Å². The average molecular weight is 389 g/mol. The topological polar surface area (TPSA) is 32.3 Å². The summed E-state index contributed by atoms with van der Waals surface area (Å²) in [6.45, 7) is 9.73. The highest BCUT2D eigenvalue weighted by atomic mass is 79.9. The van der Waals surface area contributed by atoms with Gasteiger partial charge in [-0.1, -0.05) is 30.0 Å². The third-order valence-corrected chi connectivity index (χ3v) is 5.28. The maximum Gasteiger partial charge on any atom is 0.237 e. The Hall–Kier alpha value is -0.590. The van der Waals surface area contributed by atoms with Crippen molar-refractivity contribution in [1.82, 2.24) is 4.90 Å². The number of halogens is 1. The predicted molar refractivity (Wildman–Crippen MR) is 100 cm³/mol. The molecule has 0 bridgehead atoms. The Bertz CT molecular complexity index is 518. The van der Waals surface area contributed by atoms with Gasteiger partial charge in [-0.25, -0.2) is 0 Å². The summed E-state index contributed by atoms with van der Waals surface area (Å²) in [5.41, 5.74) is 1.93. The summed E-state index contributed by atoms with van der Waals surface area (Å²) in [4.78, 5) is 14.3. The molecular weight excluding hydrogens is 368 g/mol. The molecule has 0 aromatic heterocycles. The molecule has 116 valence electrons. The number of nitrogens with zero attached hydrogens (tertiary/aromatic N) is 1. The molecule has 0 aliphatic rings. The fourth-order valence-corrected chi connectivity index (χ4v) is 3.88. The summed E-state index contributed by atoms with van der Waals surface area (Å²) in [5.74, 6) is -0.0425. The molecule has 6 heteroatoms. The Morgan fingerprint density at radius 2 is 2.05 bits per heavy atom. The lowest BCUT2D eigenvalue weighted by molar-refractivity contribution is -0.115. The highest BCUT2D eigenvalue weighted by molar-refractivity contribution is 9.10. The number of aryl methyl sites for hydroxylation is 1. The van der Waals surface area contributed by atoms with Gasteiger partial charge >= 0.3 is 0 Å². The summed E-state index contributed by atoms with van der Waals surface area (Å²) < 4.78 is 1.66. The fraction of sp³-hybridized carbons (Fsp3) is 0.467. The number of anilines is 1. The highest BCUT2D eigenvalue weighted by Crippen LogP contribution is 2.25. The standard InChI is InChI=1S/C15H21BrN2OS2/c1-5-18(6-2)15(20)21-11(4)14(19)17-13-8-7-10(3)9-12(13)16/h7-9,11H,5-6H2,1-4H3,(H,17,19)/t11-/m0/s1. The predicted octanol–water partition coefficient (Wildman–Crippen LogP) is 4.44. The number of thiocarbonyl (C=S) groups is 1. The minimum absolute atomic E-state index is 0.0425. The summed E-state index contributed by atoms with van der Waals surface area (Å²) in [7, 11) is 0. The summed E-state index contributed by atoms with van der Waals surface area (Å²) in [6.07, 6.45) is 0. The largest absolute Gasteiger partial charge is 0.358 e. The van der Waals surface area contributed by atoms with E-state index in [1.54, 1.807) is 0 Å². The molecule has 0 fully saturated rings. The maximum absolute atomic E-state index is 12.3. The Kier molecular flexibility index (Phi) is 7.70. The average Bonchev–Trinajstić information content (AvgIpc) is 2.43. The molecule has 1 rings (SSSR count). The third-order valence-electron chi connectivity index (χ3n) is 3.05. The first-order chi connectivity index (χ1) is 9.88. The molecule has 1 amide bonds. The molecule has 21 heavy (non-hydrogen) atoms. The second-order valence-corrected chi connectivity index (χ2v) is 7.50. The number of carbonyl (C=O) groups excluding carboxylic acids is 1. The van der Waals surface area contributed by atoms with E-state index in [9.17, 15) is 4.79 Å². The number of carbonyl (C=O) groups is 1. The van der Waals surface area contributed by atoms with Crippen molar-refractivity contribution in [1.29, 1.82) is 0 Å². The van der Waals surface area contributed by atoms with E-state index < -0.39 is 0 Å². The van der Waals surface area contributed by atoms with Crippen molar-refractivity contribution in [3.05, 3.63) is 28.2 Å². The van der Waals surface area contributed by atoms with Crippen LogP contribution in [0, 0.1) is 6.92 Å². The van der Waals surface area contributed by atoms with Gasteiger partial charge in [0.2, 0.25) is 5.91 Å². The van der Waals surface area contributed by atoms with Crippen LogP contribution in [0.5, 0.6) is 0 Å². The SMILES string of the molecule is CCN(CC)C(=S)S[C@@H](C)C(=O)Nc1ccc(C)cc1Br. The maximum atomic E-state index is 12.3. The lowest BCUT2D eigenvalue weighted by atomic mass is 10.2. The number of benzene rings is 1. The second-order valence-electron chi connectivity index (χ2n) is 4.67. The van der Waals surface area contributed by atoms with E-state index in [0.29, 0.717) is 0 Å². The van der Waals surface area contributed by atoms with Gasteiger partial charge in [-0.3, -0.25) is 4.79 Å². The van der Waals surface area contributed by atoms with Crippen LogP contribution >= 0.6 is 39.9 Å². The van der Waals surface area contributed by atoms with Gasteiger partial charge in [0.1, 0.15) is 4.32 Å². The van der Waals surface area contributed by atoms with Crippen LogP contribution in [0.1, 0.15) is 26.3 Å². The molecule has 3 nitrogen and oxygen atoms in total. The Morgan fingerprint density at radius 3 is 2.57 bits per heavy atom. The molecule has 0 spiro atoms. The molecule has 0 saturated carbocycles. The minimum atomic E-state index is -0.230. The van der Waals surface area contributed by atoms with Crippen LogP contribution in [-0.2, 0) is 4.79 Å². The van der Waals surface area contributed by atoms with Crippen molar-refractivity contribution >= 4 is 55.8 Å². The van der Waals surface area contributed by atoms with E-state index in [0.717, 1.165) is 33.1 Å². The van der Waals surface area contributed by atoms with Crippen LogP contribution in [0.15, 0.2) is 22.7 Å². The van der Waals surface area contributed by atoms with Gasteiger partial charge in [0.25, 0.3) is 0 Å². The van der Waals surface area contributed by atoms with Gasteiger partial charge in [0.05, 0.1) is 10.9 Å². The molecule has 0 aliphatic carbocycles. The first-order valence-corrected chi connectivity index (χ1v) is 8.99. The molecule has 0 heterocycles. The number of nitrogens with one attached hydrogen (secondary N) is 1. The number of rotatable bonds is 5. The van der Waals surface area contributed by atoms with E-state index in [2.05, 4.69) is 40.0 Å². The summed E-state index contributed by atoms with van der Waals surface area (Å²) in [6, 6.07) is 5.85. The van der Waals surface area contributed by atoms with Crippen molar-refractivity contribution in [2.24, 2.45) is 0 Å². The van der Waals surface area contributed by atoms with E-state index in [4.69, 9.17) is 12.2 Å². The van der Waals surface area contributed by atoms with Crippen LogP contribution in [-0.4, -0.2) is 33.5 Å². The van der Waals surface area contributed by atoms with E-state index in [-0.39, 0.29) is 11.2 Å². The van der Waals surface area contributed by atoms with Crippen molar-refractivity contribution in [3.63, 3.8) is 0 Å². The molecule has 0 aliphatic heterocycles. The Morgan fingerprint density at radius 1 is 1.43 bits per heavy atom. The second kappa shape index (κ2) is 8.76. The van der Waals surface area contributed by atoms with Crippen molar-refractivity contribution in [2.75, 3.05) is 18.4 Å². The van der Waals surface area contributed by atoms with Gasteiger partial charge in [-0.15, -0.1) is 0 Å². The summed E-state index contributed by atoms with van der Waals surface area (Å²) >= 11 is 10.3. The van der Waals surface area contributed by atoms with Crippen LogP contribution in [0.2, 0.25) is 0 Å². The molecule has 0 saturated heterocycles. The van der Waals surface area contributed by atoms with Crippen LogP contribution < -0.4 is 5.32 Å². The molecule has 1 aromatic carbocycles. The number of hydrogen-bond donors (Lipinski definition) is 1. The Labute approximate surface area is 145 Å². The highest BCUT2D eigenvalue weighted by Gasteiger charge is 2.18. The first-order valence-electron chi connectivity index (χ1n) is 6.91. The van der Waals surface area contributed by atoms with Crippen molar-refractivity contribution < 1.29 is 4.79 Å². The molecule has 1 N–H and O–H groups in total. The van der Waals surface area contributed by atoms with Gasteiger partial charge in [-0.05, 0) is 61.3 Å². The molecule has 1 atom stereocenters. The molecular formula is C15H21BrN2OS2. The van der Waals surface area contributed by atoms with Gasteiger partial charge in [0, 0.05) is 17.6 Å². The van der Waals surface area contributed by atoms with Crippen LogP contribution in [0.3, 0.4) is 0 Å². The monoisotopic (exact) mass is 388 g/mol. The van der Waals surface area contributed by atoms with E-state index in [1.165, 1.54) is 11.8 Å². The number of amides is 1. The fourth-order valence-electron chi connectivity index (χ4n) is 1.72. The molecule has 0 unspecified atom stereocenters. The smallest absolute Gasteiger partial charge is 0.237 e. The zero-order chi connectivity index (χ0) is 16.0. The minimum Gasteiger partial charge on any atom is -0.358 e. The van der Waals surface area contributed by atoms with E-state index >= 15 is 0 Å². The zero-order valence-electron chi connectivity index (χ0n) is 12.8.